The van der Waals surface area contributed by atoms with E-state index in [4.69, 9.17) is 0 Å². The first-order valence-electron chi connectivity index (χ1n) is 5.28. The van der Waals surface area contributed by atoms with E-state index in [9.17, 15) is 14.7 Å². The average Bonchev–Trinajstić information content (AvgIpc) is 2.70. The predicted molar refractivity (Wildman–Crippen MR) is 62.0 cm³/mol. The monoisotopic (exact) mass is 239 g/mol. The van der Waals surface area contributed by atoms with Crippen LogP contribution in [0.3, 0.4) is 0 Å². The van der Waals surface area contributed by atoms with Gasteiger partial charge in [-0.05, 0) is 6.07 Å². The summed E-state index contributed by atoms with van der Waals surface area (Å²) >= 11 is 0. The molecule has 0 atom stereocenters. The summed E-state index contributed by atoms with van der Waals surface area (Å²) in [5.74, 6) is -0.478. The third kappa shape index (κ3) is 3.17. The molecule has 1 aromatic heterocycles. The Hall–Kier alpha value is -1.62. The number of aromatic nitrogens is 1. The molecule has 0 spiro atoms. The molecule has 17 heavy (non-hydrogen) atoms. The van der Waals surface area contributed by atoms with Gasteiger partial charge in [-0.3, -0.25) is 4.79 Å². The minimum absolute atomic E-state index is 0.00294. The van der Waals surface area contributed by atoms with Crippen LogP contribution in [0.5, 0.6) is 0 Å². The molecular weight excluding hydrogens is 222 g/mol. The van der Waals surface area contributed by atoms with E-state index in [0.29, 0.717) is 24.1 Å². The fourth-order valence-corrected chi connectivity index (χ4v) is 1.50. The molecule has 0 aromatic carbocycles. The molecule has 0 saturated heterocycles. The lowest BCUT2D eigenvalue weighted by Crippen LogP contribution is -2.24. The number of aliphatic hydroxyl groups is 1. The third-order valence-electron chi connectivity index (χ3n) is 2.50. The van der Waals surface area contributed by atoms with Crippen LogP contribution < -0.4 is 0 Å². The zero-order valence-electron chi connectivity index (χ0n) is 10.3. The molecule has 5 heteroatoms. The van der Waals surface area contributed by atoms with Gasteiger partial charge in [0.15, 0.2) is 6.29 Å². The van der Waals surface area contributed by atoms with E-state index in [-0.39, 0.29) is 12.0 Å². The summed E-state index contributed by atoms with van der Waals surface area (Å²) in [6.07, 6.45) is 2.24. The Morgan fingerprint density at radius 3 is 2.71 bits per heavy atom. The fourth-order valence-electron chi connectivity index (χ4n) is 1.50. The van der Waals surface area contributed by atoms with E-state index in [1.807, 2.05) is 13.8 Å². The topological polar surface area (TPSA) is 68.5 Å². The first-order valence-corrected chi connectivity index (χ1v) is 5.28. The van der Waals surface area contributed by atoms with Crippen molar-refractivity contribution < 1.29 is 19.4 Å². The number of esters is 1. The second kappa shape index (κ2) is 5.14. The van der Waals surface area contributed by atoms with Crippen LogP contribution in [-0.4, -0.2) is 35.6 Å². The van der Waals surface area contributed by atoms with Crippen molar-refractivity contribution in [1.82, 2.24) is 4.57 Å². The van der Waals surface area contributed by atoms with Crippen molar-refractivity contribution in [2.24, 2.45) is 5.41 Å². The predicted octanol–water partition coefficient (Wildman–Crippen LogP) is 1.11. The third-order valence-corrected chi connectivity index (χ3v) is 2.50. The highest BCUT2D eigenvalue weighted by Gasteiger charge is 2.20. The van der Waals surface area contributed by atoms with E-state index in [0.717, 1.165) is 0 Å². The zero-order chi connectivity index (χ0) is 13.1. The van der Waals surface area contributed by atoms with Crippen molar-refractivity contribution in [3.63, 3.8) is 0 Å². The summed E-state index contributed by atoms with van der Waals surface area (Å²) in [4.78, 5) is 22.2. The Labute approximate surface area is 100 Å². The summed E-state index contributed by atoms with van der Waals surface area (Å²) in [6, 6.07) is 1.48. The highest BCUT2D eigenvalue weighted by molar-refractivity contribution is 5.91. The van der Waals surface area contributed by atoms with E-state index in [2.05, 4.69) is 4.74 Å². The normalized spacial score (nSPS) is 11.3. The molecule has 1 heterocycles. The van der Waals surface area contributed by atoms with E-state index in [1.54, 1.807) is 10.8 Å². The van der Waals surface area contributed by atoms with Gasteiger partial charge in [0.25, 0.3) is 0 Å². The van der Waals surface area contributed by atoms with Crippen LogP contribution in [0.25, 0.3) is 0 Å². The van der Waals surface area contributed by atoms with Crippen molar-refractivity contribution in [1.29, 1.82) is 0 Å². The van der Waals surface area contributed by atoms with Gasteiger partial charge in [-0.25, -0.2) is 4.79 Å². The summed E-state index contributed by atoms with van der Waals surface area (Å²) < 4.78 is 6.24. The first-order chi connectivity index (χ1) is 7.93. The standard InChI is InChI=1S/C12H17NO4/c1-12(2,8-15)7-13-5-9(11(16)17-3)4-10(13)6-14/h4-6,15H,7-8H2,1-3H3. The quantitative estimate of drug-likeness (QED) is 0.617. The number of rotatable bonds is 5. The molecule has 1 N–H and O–H groups in total. The van der Waals surface area contributed by atoms with Crippen LogP contribution in [0.1, 0.15) is 34.7 Å². The number of hydrogen-bond acceptors (Lipinski definition) is 4. The number of aliphatic hydroxyl groups excluding tert-OH is 1. The van der Waals surface area contributed by atoms with Gasteiger partial charge in [-0.2, -0.15) is 0 Å². The Morgan fingerprint density at radius 2 is 2.24 bits per heavy atom. The summed E-state index contributed by atoms with van der Waals surface area (Å²) in [6.45, 7) is 4.20. The number of carbonyl (C=O) groups is 2. The summed E-state index contributed by atoms with van der Waals surface area (Å²) in [7, 11) is 1.29. The molecule has 5 nitrogen and oxygen atoms in total. The lowest BCUT2D eigenvalue weighted by Gasteiger charge is -2.22. The molecule has 0 aliphatic carbocycles. The SMILES string of the molecule is COC(=O)c1cc(C=O)n(CC(C)(C)CO)c1. The molecule has 0 bridgehead atoms. The number of methoxy groups -OCH3 is 1. The van der Waals surface area contributed by atoms with Crippen LogP contribution in [0.2, 0.25) is 0 Å². The molecule has 1 rings (SSSR count). The molecule has 0 aliphatic rings. The van der Waals surface area contributed by atoms with Gasteiger partial charge in [0, 0.05) is 24.8 Å². The number of aldehydes is 1. The van der Waals surface area contributed by atoms with Gasteiger partial charge < -0.3 is 14.4 Å². The van der Waals surface area contributed by atoms with Crippen molar-refractivity contribution >= 4 is 12.3 Å². The average molecular weight is 239 g/mol. The van der Waals surface area contributed by atoms with Crippen molar-refractivity contribution in [2.75, 3.05) is 13.7 Å². The van der Waals surface area contributed by atoms with Crippen LogP contribution in [-0.2, 0) is 11.3 Å². The van der Waals surface area contributed by atoms with Crippen LogP contribution in [0.15, 0.2) is 12.3 Å². The van der Waals surface area contributed by atoms with Gasteiger partial charge in [0.05, 0.1) is 18.4 Å². The molecule has 0 aliphatic heterocycles. The molecule has 0 saturated carbocycles. The number of ether oxygens (including phenoxy) is 1. The maximum absolute atomic E-state index is 11.3. The van der Waals surface area contributed by atoms with E-state index < -0.39 is 5.97 Å². The molecule has 94 valence electrons. The lowest BCUT2D eigenvalue weighted by molar-refractivity contribution is 0.0600. The first kappa shape index (κ1) is 13.4. The minimum atomic E-state index is -0.478. The van der Waals surface area contributed by atoms with Gasteiger partial charge >= 0.3 is 5.97 Å². The lowest BCUT2D eigenvalue weighted by atomic mass is 9.95. The molecule has 0 amide bonds. The molecule has 1 aromatic rings. The smallest absolute Gasteiger partial charge is 0.339 e. The Balaban J connectivity index is 3.03. The fraction of sp³-hybridized carbons (Fsp3) is 0.500. The van der Waals surface area contributed by atoms with Crippen molar-refractivity contribution in [3.8, 4) is 0 Å². The van der Waals surface area contributed by atoms with Gasteiger partial charge in [0.1, 0.15) is 0 Å². The number of carbonyl (C=O) groups excluding carboxylic acids is 2. The highest BCUT2D eigenvalue weighted by Crippen LogP contribution is 2.19. The highest BCUT2D eigenvalue weighted by atomic mass is 16.5. The molecular formula is C12H17NO4. The Bertz CT molecular complexity index is 420. The molecule has 0 fully saturated rings. The maximum Gasteiger partial charge on any atom is 0.339 e. The summed E-state index contributed by atoms with van der Waals surface area (Å²) in [5, 5.41) is 9.19. The second-order valence-corrected chi connectivity index (χ2v) is 4.71. The van der Waals surface area contributed by atoms with Gasteiger partial charge in [-0.1, -0.05) is 13.8 Å². The van der Waals surface area contributed by atoms with Crippen molar-refractivity contribution in [3.05, 3.63) is 23.5 Å². The second-order valence-electron chi connectivity index (χ2n) is 4.71. The van der Waals surface area contributed by atoms with Gasteiger partial charge in [-0.15, -0.1) is 0 Å². The summed E-state index contributed by atoms with van der Waals surface area (Å²) in [5.41, 5.74) is 0.375. The van der Waals surface area contributed by atoms with Crippen LogP contribution in [0, 0.1) is 5.41 Å². The van der Waals surface area contributed by atoms with Crippen LogP contribution in [0.4, 0.5) is 0 Å². The van der Waals surface area contributed by atoms with Gasteiger partial charge in [0.2, 0.25) is 0 Å². The number of hydrogen-bond donors (Lipinski definition) is 1. The minimum Gasteiger partial charge on any atom is -0.465 e. The van der Waals surface area contributed by atoms with Crippen molar-refractivity contribution in [2.45, 2.75) is 20.4 Å². The largest absolute Gasteiger partial charge is 0.465 e. The molecule has 0 unspecified atom stereocenters. The maximum atomic E-state index is 11.3. The zero-order valence-corrected chi connectivity index (χ0v) is 10.3. The number of nitrogens with zero attached hydrogens (tertiary/aromatic N) is 1. The Morgan fingerprint density at radius 1 is 1.59 bits per heavy atom. The van der Waals surface area contributed by atoms with E-state index in [1.165, 1.54) is 13.2 Å². The molecule has 0 radical (unpaired) electrons. The van der Waals surface area contributed by atoms with E-state index >= 15 is 0 Å². The van der Waals surface area contributed by atoms with Crippen LogP contribution >= 0.6 is 0 Å². The Kier molecular flexibility index (Phi) is 4.07.